The van der Waals surface area contributed by atoms with Crippen molar-refractivity contribution in [3.8, 4) is 0 Å². The fourth-order valence-corrected chi connectivity index (χ4v) is 1.13. The van der Waals surface area contributed by atoms with E-state index < -0.39 is 0 Å². The average molecular weight is 192 g/mol. The van der Waals surface area contributed by atoms with E-state index in [-0.39, 0.29) is 0 Å². The maximum Gasteiger partial charge on any atom is 0.0570 e. The molecule has 0 radical (unpaired) electrons. The molecule has 0 aromatic heterocycles. The third kappa shape index (κ3) is 2.67. The number of anilines is 2. The summed E-state index contributed by atoms with van der Waals surface area (Å²) in [5.74, 6) is 5.68. The topological polar surface area (TPSA) is 67.3 Å². The predicted octanol–water partition coefficient (Wildman–Crippen LogP) is 1.23. The number of hydrazine groups is 1. The summed E-state index contributed by atoms with van der Waals surface area (Å²) in [5, 5.41) is 4.67. The van der Waals surface area contributed by atoms with Gasteiger partial charge in [0.2, 0.25) is 0 Å². The summed E-state index contributed by atoms with van der Waals surface area (Å²) >= 11 is 0. The van der Waals surface area contributed by atoms with Crippen molar-refractivity contribution in [2.75, 3.05) is 16.9 Å². The monoisotopic (exact) mass is 192 g/mol. The predicted molar refractivity (Wildman–Crippen MR) is 60.6 cm³/mol. The Morgan fingerprint density at radius 3 is 2.50 bits per heavy atom. The Morgan fingerprint density at radius 1 is 1.36 bits per heavy atom. The highest BCUT2D eigenvalue weighted by Crippen LogP contribution is 2.15. The second-order valence-corrected chi connectivity index (χ2v) is 2.83. The second kappa shape index (κ2) is 5.14. The van der Waals surface area contributed by atoms with E-state index in [0.717, 1.165) is 17.9 Å². The van der Waals surface area contributed by atoms with Crippen LogP contribution in [0.2, 0.25) is 0 Å². The molecule has 5 N–H and O–H groups in total. The van der Waals surface area contributed by atoms with Crippen molar-refractivity contribution in [2.45, 2.75) is 6.92 Å². The van der Waals surface area contributed by atoms with Gasteiger partial charge in [0.05, 0.1) is 5.69 Å². The van der Waals surface area contributed by atoms with Gasteiger partial charge in [-0.15, -0.1) is 0 Å². The number of benzene rings is 1. The fourth-order valence-electron chi connectivity index (χ4n) is 1.13. The summed E-state index contributed by atoms with van der Waals surface area (Å²) in [6.45, 7) is 2.97. The van der Waals surface area contributed by atoms with Gasteiger partial charge in [-0.05, 0) is 31.2 Å². The van der Waals surface area contributed by atoms with Crippen LogP contribution >= 0.6 is 0 Å². The third-order valence-corrected chi connectivity index (χ3v) is 1.79. The van der Waals surface area contributed by atoms with E-state index in [1.54, 1.807) is 6.20 Å². The molecule has 0 aliphatic carbocycles. The van der Waals surface area contributed by atoms with Crippen molar-refractivity contribution in [1.29, 1.82) is 0 Å². The minimum atomic E-state index is 0.897. The maximum atomic E-state index is 5.68. The van der Waals surface area contributed by atoms with Crippen LogP contribution in [0.5, 0.6) is 0 Å². The zero-order valence-electron chi connectivity index (χ0n) is 8.27. The van der Waals surface area contributed by atoms with Crippen molar-refractivity contribution in [3.05, 3.63) is 36.7 Å². The Balaban J connectivity index is 2.72. The van der Waals surface area contributed by atoms with Crippen LogP contribution in [0.25, 0.3) is 0 Å². The first kappa shape index (κ1) is 10.4. The lowest BCUT2D eigenvalue weighted by Gasteiger charge is -2.13. The van der Waals surface area contributed by atoms with Crippen LogP contribution in [0.15, 0.2) is 36.7 Å². The molecule has 76 valence electrons. The summed E-state index contributed by atoms with van der Waals surface area (Å²) in [5.41, 5.74) is 7.21. The van der Waals surface area contributed by atoms with E-state index in [0.29, 0.717) is 0 Å². The van der Waals surface area contributed by atoms with Crippen molar-refractivity contribution in [1.82, 2.24) is 0 Å². The molecular formula is C10H16N4. The molecule has 0 unspecified atom stereocenters. The van der Waals surface area contributed by atoms with Gasteiger partial charge < -0.3 is 11.1 Å². The molecule has 0 atom stereocenters. The van der Waals surface area contributed by atoms with Crippen LogP contribution in [0.1, 0.15) is 6.92 Å². The Hall–Kier alpha value is -1.68. The maximum absolute atomic E-state index is 5.68. The molecule has 0 saturated carbocycles. The van der Waals surface area contributed by atoms with E-state index >= 15 is 0 Å². The summed E-state index contributed by atoms with van der Waals surface area (Å²) in [6.07, 6.45) is 3.00. The average Bonchev–Trinajstić information content (AvgIpc) is 2.20. The van der Waals surface area contributed by atoms with E-state index in [1.165, 1.54) is 11.2 Å². The highest BCUT2D eigenvalue weighted by atomic mass is 15.4. The Kier molecular flexibility index (Phi) is 3.82. The molecule has 0 bridgehead atoms. The lowest BCUT2D eigenvalue weighted by molar-refractivity contribution is 1.07. The molecule has 0 aliphatic rings. The van der Waals surface area contributed by atoms with Crippen LogP contribution in [0, 0.1) is 0 Å². The lowest BCUT2D eigenvalue weighted by atomic mass is 10.3. The number of nitrogens with one attached hydrogen (secondary N) is 1. The minimum Gasteiger partial charge on any atom is -0.403 e. The largest absolute Gasteiger partial charge is 0.403 e. The molecule has 0 amide bonds. The summed E-state index contributed by atoms with van der Waals surface area (Å²) in [7, 11) is 0. The fraction of sp³-hybridized carbons (Fsp3) is 0.200. The molecule has 1 aromatic rings. The number of nitrogens with two attached hydrogens (primary N) is 2. The number of hydrogen-bond acceptors (Lipinski definition) is 4. The van der Waals surface area contributed by atoms with Gasteiger partial charge in [0, 0.05) is 24.6 Å². The molecular weight excluding hydrogens is 176 g/mol. The summed E-state index contributed by atoms with van der Waals surface area (Å²) in [4.78, 5) is 0. The molecule has 14 heavy (non-hydrogen) atoms. The number of hydrogen-bond donors (Lipinski definition) is 3. The van der Waals surface area contributed by atoms with Gasteiger partial charge in [0.25, 0.3) is 0 Å². The van der Waals surface area contributed by atoms with Gasteiger partial charge in [-0.1, -0.05) is 0 Å². The van der Waals surface area contributed by atoms with Gasteiger partial charge in [0.1, 0.15) is 0 Å². The van der Waals surface area contributed by atoms with E-state index in [4.69, 9.17) is 11.6 Å². The molecule has 1 rings (SSSR count). The van der Waals surface area contributed by atoms with E-state index in [9.17, 15) is 0 Å². The first-order valence-electron chi connectivity index (χ1n) is 4.54. The van der Waals surface area contributed by atoms with Crippen LogP contribution < -0.4 is 21.9 Å². The molecule has 0 saturated heterocycles. The zero-order valence-corrected chi connectivity index (χ0v) is 8.27. The van der Waals surface area contributed by atoms with Crippen LogP contribution in [0.3, 0.4) is 0 Å². The van der Waals surface area contributed by atoms with Crippen molar-refractivity contribution >= 4 is 11.4 Å². The highest BCUT2D eigenvalue weighted by Gasteiger charge is 1.96. The third-order valence-electron chi connectivity index (χ3n) is 1.79. The van der Waals surface area contributed by atoms with E-state index in [2.05, 4.69) is 12.2 Å². The standard InChI is InChI=1S/C10H16N4/c1-2-13-9-3-5-10(6-4-9)14(12)8-7-11/h3-8,13H,2,11-12H2,1H3/b8-7-. The van der Waals surface area contributed by atoms with Gasteiger partial charge in [0.15, 0.2) is 0 Å². The van der Waals surface area contributed by atoms with E-state index in [1.807, 2.05) is 24.3 Å². The Morgan fingerprint density at radius 2 is 2.00 bits per heavy atom. The molecule has 0 fully saturated rings. The zero-order chi connectivity index (χ0) is 10.4. The number of rotatable bonds is 4. The molecule has 4 nitrogen and oxygen atoms in total. The van der Waals surface area contributed by atoms with Gasteiger partial charge in [-0.25, -0.2) is 5.84 Å². The number of nitrogens with zero attached hydrogens (tertiary/aromatic N) is 1. The first-order chi connectivity index (χ1) is 6.77. The lowest BCUT2D eigenvalue weighted by Crippen LogP contribution is -2.24. The summed E-state index contributed by atoms with van der Waals surface area (Å²) in [6, 6.07) is 7.81. The SMILES string of the molecule is CCNc1ccc(N(N)/C=C\N)cc1. The molecule has 4 heteroatoms. The highest BCUT2D eigenvalue weighted by molar-refractivity contribution is 5.55. The van der Waals surface area contributed by atoms with Crippen LogP contribution in [-0.4, -0.2) is 6.54 Å². The smallest absolute Gasteiger partial charge is 0.0570 e. The van der Waals surface area contributed by atoms with Gasteiger partial charge >= 0.3 is 0 Å². The Labute approximate surface area is 84.2 Å². The second-order valence-electron chi connectivity index (χ2n) is 2.83. The van der Waals surface area contributed by atoms with Crippen LogP contribution in [-0.2, 0) is 0 Å². The quantitative estimate of drug-likeness (QED) is 0.496. The van der Waals surface area contributed by atoms with Crippen molar-refractivity contribution < 1.29 is 0 Å². The Bertz CT molecular complexity index is 291. The normalized spacial score (nSPS) is 10.4. The molecule has 0 spiro atoms. The molecule has 0 heterocycles. The van der Waals surface area contributed by atoms with Crippen molar-refractivity contribution in [3.63, 3.8) is 0 Å². The van der Waals surface area contributed by atoms with Crippen LogP contribution in [0.4, 0.5) is 11.4 Å². The minimum absolute atomic E-state index is 0.897. The molecule has 0 aliphatic heterocycles. The first-order valence-corrected chi connectivity index (χ1v) is 4.54. The van der Waals surface area contributed by atoms with Crippen molar-refractivity contribution in [2.24, 2.45) is 11.6 Å². The van der Waals surface area contributed by atoms with Gasteiger partial charge in [-0.2, -0.15) is 0 Å². The van der Waals surface area contributed by atoms with Gasteiger partial charge in [-0.3, -0.25) is 5.01 Å². The molecule has 1 aromatic carbocycles. The summed E-state index contributed by atoms with van der Waals surface area (Å²) < 4.78 is 0.